The average molecular weight is 413 g/mol. The molecule has 25 heavy (non-hydrogen) atoms. The molecule has 0 saturated carbocycles. The topological polar surface area (TPSA) is 41.9 Å². The van der Waals surface area contributed by atoms with Gasteiger partial charge in [0.05, 0.1) is 20.6 Å². The molecular weight excluding hydrogens is 396 g/mol. The molecule has 6 heteroatoms. The van der Waals surface area contributed by atoms with E-state index in [2.05, 4.69) is 49.4 Å². The van der Waals surface area contributed by atoms with E-state index in [-0.39, 0.29) is 0 Å². The fourth-order valence-corrected chi connectivity index (χ4v) is 5.22. The van der Waals surface area contributed by atoms with Crippen LogP contribution in [-0.4, -0.2) is 28.0 Å². The summed E-state index contributed by atoms with van der Waals surface area (Å²) < 4.78 is 2.19. The smallest absolute Gasteiger partial charge is 0.226 e. The molecule has 3 aromatic rings. The zero-order valence-corrected chi connectivity index (χ0v) is 16.1. The van der Waals surface area contributed by atoms with E-state index in [1.165, 1.54) is 30.4 Å². The molecule has 0 N–H and O–H groups in total. The van der Waals surface area contributed by atoms with E-state index in [0.717, 1.165) is 51.5 Å². The summed E-state index contributed by atoms with van der Waals surface area (Å²) in [7, 11) is 0. The number of aromatic nitrogens is 3. The summed E-state index contributed by atoms with van der Waals surface area (Å²) in [5.41, 5.74) is 5.56. The molecule has 0 amide bonds. The van der Waals surface area contributed by atoms with E-state index >= 15 is 0 Å². The van der Waals surface area contributed by atoms with Gasteiger partial charge in [0.2, 0.25) is 5.95 Å². The normalized spacial score (nSPS) is 16.6. The van der Waals surface area contributed by atoms with Gasteiger partial charge in [-0.2, -0.15) is 0 Å². The Morgan fingerprint density at radius 3 is 2.88 bits per heavy atom. The van der Waals surface area contributed by atoms with Crippen molar-refractivity contribution in [3.63, 3.8) is 0 Å². The van der Waals surface area contributed by atoms with Crippen LogP contribution >= 0.6 is 27.3 Å². The fourth-order valence-electron chi connectivity index (χ4n) is 3.66. The molecule has 0 aromatic carbocycles. The highest BCUT2D eigenvalue weighted by Crippen LogP contribution is 2.39. The Bertz CT molecular complexity index is 988. The van der Waals surface area contributed by atoms with Crippen LogP contribution in [0.5, 0.6) is 0 Å². The van der Waals surface area contributed by atoms with Crippen molar-refractivity contribution in [2.75, 3.05) is 18.0 Å². The minimum absolute atomic E-state index is 0.855. The second kappa shape index (κ2) is 6.18. The fraction of sp³-hybridized carbons (Fsp3) is 0.316. The molecule has 3 aromatic heterocycles. The molecular formula is C19H17BrN4S. The van der Waals surface area contributed by atoms with Crippen LogP contribution in [0.25, 0.3) is 27.6 Å². The first-order valence-corrected chi connectivity index (χ1v) is 10.3. The van der Waals surface area contributed by atoms with E-state index in [9.17, 15) is 0 Å². The molecule has 1 saturated heterocycles. The predicted octanol–water partition coefficient (Wildman–Crippen LogP) is 5.08. The lowest BCUT2D eigenvalue weighted by Crippen LogP contribution is -2.31. The summed E-state index contributed by atoms with van der Waals surface area (Å²) in [5.74, 6) is 0.855. The lowest BCUT2D eigenvalue weighted by atomic mass is 10.0. The number of pyridine rings is 1. The van der Waals surface area contributed by atoms with E-state index in [4.69, 9.17) is 9.97 Å². The Morgan fingerprint density at radius 1 is 1.12 bits per heavy atom. The molecule has 1 fully saturated rings. The largest absolute Gasteiger partial charge is 0.341 e. The number of anilines is 1. The van der Waals surface area contributed by atoms with Crippen molar-refractivity contribution in [1.82, 2.24) is 15.0 Å². The summed E-state index contributed by atoms with van der Waals surface area (Å²) in [6.45, 7) is 2.09. The third-order valence-electron chi connectivity index (χ3n) is 4.92. The summed E-state index contributed by atoms with van der Waals surface area (Å²) in [6, 6.07) is 2.09. The zero-order chi connectivity index (χ0) is 16.8. The molecule has 1 aliphatic carbocycles. The van der Waals surface area contributed by atoms with E-state index in [1.807, 2.05) is 6.20 Å². The van der Waals surface area contributed by atoms with Crippen LogP contribution in [0.4, 0.5) is 5.95 Å². The van der Waals surface area contributed by atoms with Crippen molar-refractivity contribution >= 4 is 49.5 Å². The number of piperidine rings is 1. The summed E-state index contributed by atoms with van der Waals surface area (Å²) in [6.07, 6.45) is 10.9. The molecule has 0 spiro atoms. The third kappa shape index (κ3) is 2.59. The van der Waals surface area contributed by atoms with E-state index < -0.39 is 0 Å². The highest BCUT2D eigenvalue weighted by molar-refractivity contribution is 9.10. The van der Waals surface area contributed by atoms with E-state index in [1.54, 1.807) is 11.3 Å². The Labute approximate surface area is 158 Å². The lowest BCUT2D eigenvalue weighted by Gasteiger charge is -2.27. The van der Waals surface area contributed by atoms with Crippen LogP contribution < -0.4 is 4.90 Å². The second-order valence-corrected chi connectivity index (χ2v) is 8.24. The molecule has 0 unspecified atom stereocenters. The molecule has 0 radical (unpaired) electrons. The maximum absolute atomic E-state index is 5.03. The van der Waals surface area contributed by atoms with Crippen LogP contribution in [0.15, 0.2) is 28.2 Å². The Morgan fingerprint density at radius 2 is 2.00 bits per heavy atom. The Hall–Kier alpha value is -1.79. The predicted molar refractivity (Wildman–Crippen MR) is 107 cm³/mol. The Kier molecular flexibility index (Phi) is 3.82. The van der Waals surface area contributed by atoms with Crippen LogP contribution in [-0.2, 0) is 6.42 Å². The van der Waals surface area contributed by atoms with Crippen LogP contribution in [0, 0.1) is 0 Å². The number of hydrogen-bond acceptors (Lipinski definition) is 5. The van der Waals surface area contributed by atoms with Crippen molar-refractivity contribution in [2.45, 2.75) is 25.7 Å². The number of thiophene rings is 1. The van der Waals surface area contributed by atoms with Crippen molar-refractivity contribution in [2.24, 2.45) is 0 Å². The summed E-state index contributed by atoms with van der Waals surface area (Å²) in [4.78, 5) is 16.8. The average Bonchev–Trinajstić information content (AvgIpc) is 3.28. The first-order chi connectivity index (χ1) is 12.3. The molecule has 0 atom stereocenters. The molecule has 1 aliphatic heterocycles. The monoisotopic (exact) mass is 412 g/mol. The lowest BCUT2D eigenvalue weighted by molar-refractivity contribution is 0.569. The highest BCUT2D eigenvalue weighted by atomic mass is 79.9. The van der Waals surface area contributed by atoms with Crippen LogP contribution in [0.3, 0.4) is 0 Å². The van der Waals surface area contributed by atoms with Gasteiger partial charge in [0.1, 0.15) is 5.52 Å². The van der Waals surface area contributed by atoms with Crippen LogP contribution in [0.2, 0.25) is 0 Å². The van der Waals surface area contributed by atoms with Gasteiger partial charge in [-0.05, 0) is 41.3 Å². The molecule has 5 rings (SSSR count). The molecule has 4 heterocycles. The standard InChI is InChI=1S/C19H17BrN4S/c20-14-11-25-18-16(13-7-8-21-15-6-4-5-12(13)15)22-19(23-17(14)18)24-9-2-1-3-10-24/h4-5,7-8,11H,1-3,6,9-10H2. The minimum atomic E-state index is 0.855. The van der Waals surface area contributed by atoms with E-state index in [0.29, 0.717) is 0 Å². The van der Waals surface area contributed by atoms with Gasteiger partial charge in [0, 0.05) is 42.2 Å². The number of halogens is 1. The van der Waals surface area contributed by atoms with Gasteiger partial charge >= 0.3 is 0 Å². The van der Waals surface area contributed by atoms with Crippen molar-refractivity contribution in [3.05, 3.63) is 39.4 Å². The van der Waals surface area contributed by atoms with Crippen molar-refractivity contribution in [3.8, 4) is 11.3 Å². The van der Waals surface area contributed by atoms with Crippen LogP contribution in [0.1, 0.15) is 30.5 Å². The van der Waals surface area contributed by atoms with Gasteiger partial charge in [-0.15, -0.1) is 11.3 Å². The zero-order valence-electron chi connectivity index (χ0n) is 13.7. The Balaban J connectivity index is 1.74. The van der Waals surface area contributed by atoms with Gasteiger partial charge in [-0.25, -0.2) is 9.97 Å². The van der Waals surface area contributed by atoms with Crippen molar-refractivity contribution in [1.29, 1.82) is 0 Å². The molecule has 126 valence electrons. The number of fused-ring (bicyclic) bond motifs is 2. The van der Waals surface area contributed by atoms with Gasteiger partial charge in [-0.3, -0.25) is 4.98 Å². The number of nitrogens with zero attached hydrogens (tertiary/aromatic N) is 4. The third-order valence-corrected chi connectivity index (χ3v) is 6.81. The quantitative estimate of drug-likeness (QED) is 0.588. The van der Waals surface area contributed by atoms with Gasteiger partial charge in [-0.1, -0.05) is 12.2 Å². The van der Waals surface area contributed by atoms with Gasteiger partial charge in [0.25, 0.3) is 0 Å². The number of allylic oxidation sites excluding steroid dienone is 1. The first kappa shape index (κ1) is 15.5. The maximum Gasteiger partial charge on any atom is 0.226 e. The molecule has 0 bridgehead atoms. The van der Waals surface area contributed by atoms with Gasteiger partial charge < -0.3 is 4.90 Å². The van der Waals surface area contributed by atoms with Gasteiger partial charge in [0.15, 0.2) is 0 Å². The maximum atomic E-state index is 5.03. The SMILES string of the molecule is Brc1csc2c(-c3ccnc4c3C=CC4)nc(N3CCCCC3)nc12. The highest BCUT2D eigenvalue weighted by Gasteiger charge is 2.22. The minimum Gasteiger partial charge on any atom is -0.341 e. The summed E-state index contributed by atoms with van der Waals surface area (Å²) >= 11 is 5.37. The second-order valence-electron chi connectivity index (χ2n) is 6.51. The number of hydrogen-bond donors (Lipinski definition) is 0. The first-order valence-electron chi connectivity index (χ1n) is 8.66. The molecule has 2 aliphatic rings. The van der Waals surface area contributed by atoms with Crippen molar-refractivity contribution < 1.29 is 0 Å². The summed E-state index contributed by atoms with van der Waals surface area (Å²) in [5, 5.41) is 2.11. The number of rotatable bonds is 2. The molecule has 4 nitrogen and oxygen atoms in total.